The average Bonchev–Trinajstić information content (AvgIpc) is 3.26. The summed E-state index contributed by atoms with van der Waals surface area (Å²) in [5.74, 6) is -0.196. The Bertz CT molecular complexity index is 1180. The number of rotatable bonds is 3. The maximum Gasteiger partial charge on any atom is 0.275 e. The second-order valence-electron chi connectivity index (χ2n) is 6.16. The molecular formula is C19H15ClN4O2S. The third kappa shape index (κ3) is 3.27. The van der Waals surface area contributed by atoms with Gasteiger partial charge in [-0.1, -0.05) is 29.0 Å². The average molecular weight is 399 g/mol. The molecule has 0 fully saturated rings. The number of aryl methyl sites for hydroxylation is 1. The van der Waals surface area contributed by atoms with Crippen molar-refractivity contribution < 1.29 is 9.90 Å². The van der Waals surface area contributed by atoms with Crippen molar-refractivity contribution in [2.45, 2.75) is 13.8 Å². The van der Waals surface area contributed by atoms with Gasteiger partial charge < -0.3 is 5.11 Å². The van der Waals surface area contributed by atoms with Crippen LogP contribution in [-0.2, 0) is 0 Å². The molecule has 0 aliphatic carbocycles. The molecule has 0 unspecified atom stereocenters. The van der Waals surface area contributed by atoms with Crippen LogP contribution in [-0.4, -0.2) is 26.2 Å². The van der Waals surface area contributed by atoms with Crippen LogP contribution in [0.15, 0.2) is 36.4 Å². The van der Waals surface area contributed by atoms with E-state index in [0.717, 1.165) is 21.3 Å². The summed E-state index contributed by atoms with van der Waals surface area (Å²) in [5, 5.41) is 21.1. The number of hydrogen-bond donors (Lipinski definition) is 3. The van der Waals surface area contributed by atoms with Gasteiger partial charge in [-0.25, -0.2) is 4.98 Å². The summed E-state index contributed by atoms with van der Waals surface area (Å²) in [6.45, 7) is 3.77. The summed E-state index contributed by atoms with van der Waals surface area (Å²) in [7, 11) is 0. The third-order valence-corrected chi connectivity index (χ3v) is 5.54. The molecule has 8 heteroatoms. The van der Waals surface area contributed by atoms with Gasteiger partial charge in [0.25, 0.3) is 5.91 Å². The topological polar surface area (TPSA) is 90.9 Å². The maximum atomic E-state index is 12.5. The Kier molecular flexibility index (Phi) is 4.33. The number of halogens is 1. The molecule has 2 aromatic carbocycles. The Morgan fingerprint density at radius 2 is 2.04 bits per heavy atom. The fourth-order valence-corrected chi connectivity index (χ4v) is 3.84. The normalized spacial score (nSPS) is 11.1. The van der Waals surface area contributed by atoms with Crippen LogP contribution in [0.5, 0.6) is 5.75 Å². The second kappa shape index (κ2) is 6.68. The van der Waals surface area contributed by atoms with Crippen molar-refractivity contribution in [1.29, 1.82) is 0 Å². The molecular weight excluding hydrogens is 384 g/mol. The van der Waals surface area contributed by atoms with Crippen molar-refractivity contribution in [3.05, 3.63) is 58.2 Å². The van der Waals surface area contributed by atoms with Crippen molar-refractivity contribution >= 4 is 44.2 Å². The van der Waals surface area contributed by atoms with Crippen LogP contribution in [0.4, 0.5) is 5.13 Å². The minimum Gasteiger partial charge on any atom is -0.507 e. The van der Waals surface area contributed by atoms with Crippen molar-refractivity contribution in [2.24, 2.45) is 0 Å². The van der Waals surface area contributed by atoms with Crippen molar-refractivity contribution in [2.75, 3.05) is 5.32 Å². The minimum absolute atomic E-state index is 0.163. The lowest BCUT2D eigenvalue weighted by atomic mass is 10.0. The molecule has 0 aliphatic rings. The van der Waals surface area contributed by atoms with E-state index in [1.165, 1.54) is 11.3 Å². The molecule has 3 N–H and O–H groups in total. The number of benzene rings is 2. The summed E-state index contributed by atoms with van der Waals surface area (Å²) in [4.78, 5) is 16.9. The number of H-pyrrole nitrogens is 1. The first kappa shape index (κ1) is 17.5. The van der Waals surface area contributed by atoms with Crippen LogP contribution in [0.2, 0.25) is 5.02 Å². The lowest BCUT2D eigenvalue weighted by Gasteiger charge is -2.07. The first-order valence-corrected chi connectivity index (χ1v) is 9.34. The van der Waals surface area contributed by atoms with Crippen molar-refractivity contribution in [1.82, 2.24) is 15.2 Å². The third-order valence-electron chi connectivity index (χ3n) is 4.37. The minimum atomic E-state index is -0.359. The lowest BCUT2D eigenvalue weighted by molar-refractivity contribution is 0.102. The van der Waals surface area contributed by atoms with E-state index in [1.54, 1.807) is 30.3 Å². The van der Waals surface area contributed by atoms with Gasteiger partial charge in [0.2, 0.25) is 0 Å². The molecule has 0 radical (unpaired) electrons. The van der Waals surface area contributed by atoms with Gasteiger partial charge in [0.1, 0.15) is 11.4 Å². The first-order valence-electron chi connectivity index (χ1n) is 8.15. The molecule has 0 saturated carbocycles. The standard InChI is InChI=1S/C19H15ClN4O2S/c1-9-3-5-12(17(25)10(9)2)14-8-15(24-23-14)18(26)22-19-21-13-6-4-11(20)7-16(13)27-19/h3-8,25H,1-2H3,(H,23,24)(H,21,22,26). The van der Waals surface area contributed by atoms with Gasteiger partial charge in [-0.05, 0) is 55.3 Å². The summed E-state index contributed by atoms with van der Waals surface area (Å²) in [5.41, 5.74) is 3.89. The first-order chi connectivity index (χ1) is 12.9. The van der Waals surface area contributed by atoms with Crippen LogP contribution >= 0.6 is 22.9 Å². The van der Waals surface area contributed by atoms with Crippen molar-refractivity contribution in [3.8, 4) is 17.0 Å². The number of amides is 1. The number of anilines is 1. The molecule has 4 aromatic rings. The monoisotopic (exact) mass is 398 g/mol. The number of aromatic nitrogens is 3. The Morgan fingerprint density at radius 3 is 2.85 bits per heavy atom. The fraction of sp³-hybridized carbons (Fsp3) is 0.105. The predicted octanol–water partition coefficient (Wildman–Crippen LogP) is 4.91. The number of aromatic amines is 1. The molecule has 6 nitrogen and oxygen atoms in total. The predicted molar refractivity (Wildman–Crippen MR) is 108 cm³/mol. The quantitative estimate of drug-likeness (QED) is 0.457. The molecule has 0 atom stereocenters. The largest absolute Gasteiger partial charge is 0.507 e. The number of nitrogens with one attached hydrogen (secondary N) is 2. The highest BCUT2D eigenvalue weighted by Gasteiger charge is 2.16. The summed E-state index contributed by atoms with van der Waals surface area (Å²) in [6, 6.07) is 10.7. The van der Waals surface area contributed by atoms with Crippen LogP contribution < -0.4 is 5.32 Å². The van der Waals surface area contributed by atoms with Gasteiger partial charge in [-0.3, -0.25) is 15.2 Å². The van der Waals surface area contributed by atoms with Gasteiger partial charge in [0, 0.05) is 10.6 Å². The van der Waals surface area contributed by atoms with Gasteiger partial charge in [-0.15, -0.1) is 0 Å². The van der Waals surface area contributed by atoms with E-state index in [-0.39, 0.29) is 17.4 Å². The maximum absolute atomic E-state index is 12.5. The number of phenolic OH excluding ortho intramolecular Hbond substituents is 1. The molecule has 2 heterocycles. The Morgan fingerprint density at radius 1 is 1.22 bits per heavy atom. The number of hydrogen-bond acceptors (Lipinski definition) is 5. The van der Waals surface area contributed by atoms with E-state index < -0.39 is 0 Å². The van der Waals surface area contributed by atoms with E-state index in [4.69, 9.17) is 11.6 Å². The van der Waals surface area contributed by atoms with Gasteiger partial charge in [0.15, 0.2) is 5.13 Å². The van der Waals surface area contributed by atoms with Gasteiger partial charge in [0.05, 0.1) is 15.9 Å². The molecule has 1 amide bonds. The van der Waals surface area contributed by atoms with Gasteiger partial charge >= 0.3 is 0 Å². The highest BCUT2D eigenvalue weighted by molar-refractivity contribution is 7.22. The number of fused-ring (bicyclic) bond motifs is 1. The van der Waals surface area contributed by atoms with E-state index >= 15 is 0 Å². The zero-order chi connectivity index (χ0) is 19.1. The number of carbonyl (C=O) groups excluding carboxylic acids is 1. The highest BCUT2D eigenvalue weighted by Crippen LogP contribution is 2.33. The second-order valence-corrected chi connectivity index (χ2v) is 7.62. The molecule has 2 aromatic heterocycles. The van der Waals surface area contributed by atoms with E-state index in [1.807, 2.05) is 19.9 Å². The van der Waals surface area contributed by atoms with E-state index in [0.29, 0.717) is 21.4 Å². The molecule has 0 spiro atoms. The molecule has 0 saturated heterocycles. The number of aromatic hydroxyl groups is 1. The number of nitrogens with zero attached hydrogens (tertiary/aromatic N) is 2. The molecule has 0 aliphatic heterocycles. The van der Waals surface area contributed by atoms with Gasteiger partial charge in [-0.2, -0.15) is 5.10 Å². The van der Waals surface area contributed by atoms with Crippen LogP contribution in [0, 0.1) is 13.8 Å². The number of carbonyl (C=O) groups is 1. The van der Waals surface area contributed by atoms with E-state index in [2.05, 4.69) is 20.5 Å². The summed E-state index contributed by atoms with van der Waals surface area (Å²) >= 11 is 7.32. The fourth-order valence-electron chi connectivity index (χ4n) is 2.70. The Hall–Kier alpha value is -2.90. The number of phenols is 1. The zero-order valence-electron chi connectivity index (χ0n) is 14.5. The van der Waals surface area contributed by atoms with Crippen LogP contribution in [0.25, 0.3) is 21.5 Å². The molecule has 0 bridgehead atoms. The molecule has 136 valence electrons. The lowest BCUT2D eigenvalue weighted by Crippen LogP contribution is -2.11. The molecule has 4 rings (SSSR count). The smallest absolute Gasteiger partial charge is 0.275 e. The van der Waals surface area contributed by atoms with Crippen LogP contribution in [0.3, 0.4) is 0 Å². The van der Waals surface area contributed by atoms with Crippen molar-refractivity contribution in [3.63, 3.8) is 0 Å². The van der Waals surface area contributed by atoms with E-state index in [9.17, 15) is 9.90 Å². The Balaban J connectivity index is 1.59. The molecule has 27 heavy (non-hydrogen) atoms. The zero-order valence-corrected chi connectivity index (χ0v) is 16.1. The summed E-state index contributed by atoms with van der Waals surface area (Å²) in [6.07, 6.45) is 0. The highest BCUT2D eigenvalue weighted by atomic mass is 35.5. The summed E-state index contributed by atoms with van der Waals surface area (Å²) < 4.78 is 0.892. The Labute approximate surface area is 163 Å². The SMILES string of the molecule is Cc1ccc(-c2cc(C(=O)Nc3nc4ccc(Cl)cc4s3)[nH]n2)c(O)c1C. The van der Waals surface area contributed by atoms with Crippen LogP contribution in [0.1, 0.15) is 21.6 Å². The number of thiazole rings is 1.